The van der Waals surface area contributed by atoms with Gasteiger partial charge in [0, 0.05) is 78.6 Å². The first-order chi connectivity index (χ1) is 17.4. The number of anilines is 3. The Morgan fingerprint density at radius 1 is 1.11 bits per heavy atom. The number of aromatic nitrogens is 4. The summed E-state index contributed by atoms with van der Waals surface area (Å²) < 4.78 is 3.10. The van der Waals surface area contributed by atoms with Crippen molar-refractivity contribution in [1.82, 2.24) is 29.7 Å². The topological polar surface area (TPSA) is 99.2 Å². The largest absolute Gasteiger partial charge is 0.336 e. The first kappa shape index (κ1) is 24.5. The molecule has 1 amide bonds. The molecule has 36 heavy (non-hydrogen) atoms. The van der Waals surface area contributed by atoms with Crippen LogP contribution in [0.25, 0.3) is 0 Å². The molecule has 0 bridgehead atoms. The molecule has 10 heteroatoms. The van der Waals surface area contributed by atoms with Crippen molar-refractivity contribution in [3.05, 3.63) is 64.9 Å². The van der Waals surface area contributed by atoms with E-state index in [1.165, 1.54) is 17.5 Å². The third-order valence-corrected chi connectivity index (χ3v) is 7.27. The maximum absolute atomic E-state index is 13.2. The maximum Gasteiger partial charge on any atom is 0.254 e. The second-order valence-electron chi connectivity index (χ2n) is 9.60. The fourth-order valence-electron chi connectivity index (χ4n) is 5.20. The van der Waals surface area contributed by atoms with Crippen LogP contribution in [0, 0.1) is 13.8 Å². The lowest BCUT2D eigenvalue weighted by atomic mass is 9.96. The molecule has 2 N–H and O–H groups in total. The quantitative estimate of drug-likeness (QED) is 0.475. The van der Waals surface area contributed by atoms with Gasteiger partial charge in [0.1, 0.15) is 5.82 Å². The number of nitrogens with zero attached hydrogens (tertiary/aromatic N) is 6. The van der Waals surface area contributed by atoms with Gasteiger partial charge < -0.3 is 14.9 Å². The average Bonchev–Trinajstić information content (AvgIpc) is 3.27. The second-order valence-corrected chi connectivity index (χ2v) is 10.2. The van der Waals surface area contributed by atoms with Gasteiger partial charge in [-0.25, -0.2) is 15.0 Å². The monoisotopic (exact) mass is 504 g/mol. The third kappa shape index (κ3) is 5.29. The van der Waals surface area contributed by atoms with Crippen LogP contribution in [-0.2, 0) is 13.1 Å². The highest BCUT2D eigenvalue weighted by Crippen LogP contribution is 2.31. The van der Waals surface area contributed by atoms with Crippen LogP contribution in [-0.4, -0.2) is 60.5 Å². The molecule has 3 aromatic rings. The summed E-state index contributed by atoms with van der Waals surface area (Å²) in [6.45, 7) is 8.51. The van der Waals surface area contributed by atoms with E-state index in [1.807, 2.05) is 49.4 Å². The molecule has 9 nitrogen and oxygen atoms in total. The van der Waals surface area contributed by atoms with E-state index in [2.05, 4.69) is 36.8 Å². The molecule has 2 atom stereocenters. The van der Waals surface area contributed by atoms with Gasteiger partial charge in [0.05, 0.1) is 5.69 Å². The maximum atomic E-state index is 13.2. The third-order valence-electron chi connectivity index (χ3n) is 6.86. The van der Waals surface area contributed by atoms with E-state index < -0.39 is 0 Å². The molecule has 1 saturated heterocycles. The number of likely N-dealkylation sites (tertiary alicyclic amines) is 1. The van der Waals surface area contributed by atoms with Crippen LogP contribution >= 0.6 is 11.9 Å². The van der Waals surface area contributed by atoms with Gasteiger partial charge in [-0.1, -0.05) is 11.9 Å². The van der Waals surface area contributed by atoms with Gasteiger partial charge in [0.15, 0.2) is 0 Å². The minimum atomic E-state index is 0.0698. The zero-order chi connectivity index (χ0) is 25.2. The van der Waals surface area contributed by atoms with Crippen molar-refractivity contribution in [2.75, 3.05) is 22.8 Å². The lowest BCUT2D eigenvalue weighted by molar-refractivity contribution is 0.0460. The normalized spacial score (nSPS) is 19.7. The molecule has 2 aliphatic rings. The van der Waals surface area contributed by atoms with Gasteiger partial charge >= 0.3 is 0 Å². The number of aryl methyl sites for hydroxylation is 2. The average molecular weight is 505 g/mol. The Kier molecular flexibility index (Phi) is 7.06. The van der Waals surface area contributed by atoms with E-state index in [-0.39, 0.29) is 11.9 Å². The number of piperidine rings is 1. The van der Waals surface area contributed by atoms with Crippen LogP contribution in [0.2, 0.25) is 0 Å². The van der Waals surface area contributed by atoms with Crippen LogP contribution in [0.3, 0.4) is 0 Å². The number of amides is 1. The summed E-state index contributed by atoms with van der Waals surface area (Å²) in [5, 5.41) is 3.33. The van der Waals surface area contributed by atoms with Crippen molar-refractivity contribution in [1.29, 1.82) is 0 Å². The van der Waals surface area contributed by atoms with E-state index in [4.69, 9.17) is 4.98 Å². The molecule has 3 aromatic heterocycles. The zero-order valence-electron chi connectivity index (χ0n) is 21.2. The second kappa shape index (κ2) is 10.4. The Morgan fingerprint density at radius 2 is 1.92 bits per heavy atom. The fraction of sp³-hybridized carbons (Fsp3) is 0.423. The van der Waals surface area contributed by atoms with Crippen molar-refractivity contribution in [2.45, 2.75) is 58.8 Å². The number of rotatable bonds is 6. The standard InChI is InChI=1S/C26H32N8OS/c1-16-9-21(10-17(2)29-16)30-26-28-13-20-14-33(15-23(20)31-26)22-6-8-34(18(3)11-22)25(35)19-5-7-27-24(12-19)32-36-4/h5,7,9-10,12-13,18,22H,6,8,11,14-15H2,1-4H3,(H,27,32)(H,28,29,30,31)/t18-,22-/m1/s1. The minimum Gasteiger partial charge on any atom is -0.336 e. The van der Waals surface area contributed by atoms with Crippen molar-refractivity contribution < 1.29 is 4.79 Å². The highest BCUT2D eigenvalue weighted by Gasteiger charge is 2.35. The molecule has 5 heterocycles. The number of hydrogen-bond donors (Lipinski definition) is 2. The summed E-state index contributed by atoms with van der Waals surface area (Å²) in [6, 6.07) is 8.19. The molecule has 0 spiro atoms. The van der Waals surface area contributed by atoms with E-state index in [9.17, 15) is 4.79 Å². The van der Waals surface area contributed by atoms with Crippen LogP contribution in [0.4, 0.5) is 17.5 Å². The molecule has 188 valence electrons. The van der Waals surface area contributed by atoms with Gasteiger partial charge in [-0.2, -0.15) is 0 Å². The Morgan fingerprint density at radius 3 is 2.67 bits per heavy atom. The Bertz CT molecular complexity index is 1250. The minimum absolute atomic E-state index is 0.0698. The van der Waals surface area contributed by atoms with Crippen LogP contribution in [0.5, 0.6) is 0 Å². The lowest BCUT2D eigenvalue weighted by Gasteiger charge is -2.41. The first-order valence-corrected chi connectivity index (χ1v) is 13.5. The first-order valence-electron chi connectivity index (χ1n) is 12.3. The molecule has 0 saturated carbocycles. The molecule has 0 aliphatic carbocycles. The van der Waals surface area contributed by atoms with Crippen molar-refractivity contribution in [3.8, 4) is 0 Å². The van der Waals surface area contributed by atoms with Crippen LogP contribution < -0.4 is 10.0 Å². The van der Waals surface area contributed by atoms with Crippen molar-refractivity contribution in [3.63, 3.8) is 0 Å². The van der Waals surface area contributed by atoms with Crippen LogP contribution in [0.15, 0.2) is 36.7 Å². The highest BCUT2D eigenvalue weighted by molar-refractivity contribution is 7.99. The molecule has 0 aromatic carbocycles. The van der Waals surface area contributed by atoms with Gasteiger partial charge in [0.2, 0.25) is 5.95 Å². The number of carbonyl (C=O) groups excluding carboxylic acids is 1. The van der Waals surface area contributed by atoms with Gasteiger partial charge in [0.25, 0.3) is 5.91 Å². The van der Waals surface area contributed by atoms with Gasteiger partial charge in [-0.3, -0.25) is 14.7 Å². The summed E-state index contributed by atoms with van der Waals surface area (Å²) >= 11 is 1.46. The molecule has 2 aliphatic heterocycles. The van der Waals surface area contributed by atoms with E-state index in [1.54, 1.807) is 12.3 Å². The fourth-order valence-corrected chi connectivity index (χ4v) is 5.52. The number of nitrogens with one attached hydrogen (secondary N) is 2. The predicted octanol–water partition coefficient (Wildman–Crippen LogP) is 4.33. The summed E-state index contributed by atoms with van der Waals surface area (Å²) in [5.41, 5.74) is 5.81. The molecular weight excluding hydrogens is 472 g/mol. The summed E-state index contributed by atoms with van der Waals surface area (Å²) in [6.07, 6.45) is 7.45. The SMILES string of the molecule is CSNc1cc(C(=O)N2CC[C@@H](N3Cc4cnc(Nc5cc(C)nc(C)c5)nc4C3)C[C@H]2C)ccn1. The Hall–Kier alpha value is -3.24. The highest BCUT2D eigenvalue weighted by atomic mass is 32.2. The van der Waals surface area contributed by atoms with E-state index >= 15 is 0 Å². The number of carbonyl (C=O) groups is 1. The van der Waals surface area contributed by atoms with Gasteiger partial charge in [-0.05, 0) is 57.9 Å². The number of fused-ring (bicyclic) bond motifs is 1. The number of pyridine rings is 2. The van der Waals surface area contributed by atoms with E-state index in [0.29, 0.717) is 23.4 Å². The van der Waals surface area contributed by atoms with Crippen molar-refractivity contribution >= 4 is 35.3 Å². The van der Waals surface area contributed by atoms with Crippen molar-refractivity contribution in [2.24, 2.45) is 0 Å². The van der Waals surface area contributed by atoms with Gasteiger partial charge in [-0.15, -0.1) is 0 Å². The summed E-state index contributed by atoms with van der Waals surface area (Å²) in [7, 11) is 0. The Labute approximate surface area is 216 Å². The summed E-state index contributed by atoms with van der Waals surface area (Å²) in [5.74, 6) is 1.39. The summed E-state index contributed by atoms with van der Waals surface area (Å²) in [4.78, 5) is 35.8. The molecule has 0 unspecified atom stereocenters. The molecule has 0 radical (unpaired) electrons. The molecule has 1 fully saturated rings. The predicted molar refractivity (Wildman–Crippen MR) is 143 cm³/mol. The Balaban J connectivity index is 1.21. The van der Waals surface area contributed by atoms with E-state index in [0.717, 1.165) is 55.2 Å². The molecule has 5 rings (SSSR count). The lowest BCUT2D eigenvalue weighted by Crippen LogP contribution is -2.50. The van der Waals surface area contributed by atoms with Crippen LogP contribution in [0.1, 0.15) is 52.8 Å². The number of hydrogen-bond acceptors (Lipinski definition) is 9. The zero-order valence-corrected chi connectivity index (χ0v) is 22.0. The smallest absolute Gasteiger partial charge is 0.254 e. The molecular formula is C26H32N8OS.